The molecule has 0 radical (unpaired) electrons. The number of rotatable bonds is 7. The molecule has 7 heteroatoms. The maximum Gasteiger partial charge on any atom is 0.275 e. The summed E-state index contributed by atoms with van der Waals surface area (Å²) in [5.41, 5.74) is 0.800. The molecule has 1 aromatic rings. The topological polar surface area (TPSA) is 80.5 Å². The first kappa shape index (κ1) is 15.9. The fraction of sp³-hybridized carbons (Fsp3) is 0.786. The number of amides is 1. The van der Waals surface area contributed by atoms with Crippen LogP contribution >= 0.6 is 0 Å². The molecule has 1 amide bonds. The molecule has 1 aliphatic heterocycles. The van der Waals surface area contributed by atoms with Gasteiger partial charge in [-0.05, 0) is 24.4 Å². The lowest BCUT2D eigenvalue weighted by Gasteiger charge is -2.18. The second kappa shape index (κ2) is 7.51. The molecule has 2 heterocycles. The number of carbonyl (C=O) groups excluding carboxylic acids is 1. The molecule has 1 fully saturated rings. The lowest BCUT2D eigenvalue weighted by molar-refractivity contribution is 0.0918. The third-order valence-electron chi connectivity index (χ3n) is 3.97. The number of likely N-dealkylation sites (tertiary alicyclic amines) is 1. The largest absolute Gasteiger partial charge is 0.383 e. The number of hydrogen-bond acceptors (Lipinski definition) is 6. The van der Waals surface area contributed by atoms with Gasteiger partial charge in [-0.25, -0.2) is 4.63 Å². The SMILES string of the molecule is CCC[C@H]1CN(CCOC)C[C@@H]1NC(=O)c1nonc1C. The van der Waals surface area contributed by atoms with Gasteiger partial charge in [0, 0.05) is 32.8 Å². The highest BCUT2D eigenvalue weighted by atomic mass is 16.6. The molecule has 21 heavy (non-hydrogen) atoms. The quantitative estimate of drug-likeness (QED) is 0.803. The summed E-state index contributed by atoms with van der Waals surface area (Å²) in [6.45, 7) is 7.35. The number of aromatic nitrogens is 2. The van der Waals surface area contributed by atoms with Gasteiger partial charge in [0.2, 0.25) is 0 Å². The molecule has 1 aromatic heterocycles. The fourth-order valence-corrected chi connectivity index (χ4v) is 2.86. The minimum Gasteiger partial charge on any atom is -0.383 e. The number of methoxy groups -OCH3 is 1. The minimum atomic E-state index is -0.201. The number of nitrogens with one attached hydrogen (secondary N) is 1. The number of nitrogens with zero attached hydrogens (tertiary/aromatic N) is 3. The van der Waals surface area contributed by atoms with Crippen LogP contribution in [-0.4, -0.2) is 60.5 Å². The Hall–Kier alpha value is -1.47. The zero-order valence-corrected chi connectivity index (χ0v) is 13.0. The molecule has 2 rings (SSSR count). The zero-order valence-electron chi connectivity index (χ0n) is 13.0. The van der Waals surface area contributed by atoms with E-state index < -0.39 is 0 Å². The van der Waals surface area contributed by atoms with Gasteiger partial charge in [0.05, 0.1) is 6.61 Å². The zero-order chi connectivity index (χ0) is 15.2. The number of carbonyl (C=O) groups is 1. The van der Waals surface area contributed by atoms with Crippen LogP contribution in [0.3, 0.4) is 0 Å². The summed E-state index contributed by atoms with van der Waals surface area (Å²) in [6.07, 6.45) is 2.21. The summed E-state index contributed by atoms with van der Waals surface area (Å²) in [5.74, 6) is 0.268. The molecule has 1 saturated heterocycles. The Morgan fingerprint density at radius 2 is 2.29 bits per heavy atom. The molecule has 0 aromatic carbocycles. The molecule has 0 spiro atoms. The van der Waals surface area contributed by atoms with E-state index in [4.69, 9.17) is 4.74 Å². The number of ether oxygens (including phenoxy) is 1. The average Bonchev–Trinajstić information content (AvgIpc) is 3.04. The summed E-state index contributed by atoms with van der Waals surface area (Å²) in [6, 6.07) is 0.144. The molecule has 2 atom stereocenters. The summed E-state index contributed by atoms with van der Waals surface area (Å²) in [7, 11) is 1.71. The van der Waals surface area contributed by atoms with Gasteiger partial charge in [-0.15, -0.1) is 0 Å². The summed E-state index contributed by atoms with van der Waals surface area (Å²) in [5, 5.41) is 10.4. The molecular weight excluding hydrogens is 272 g/mol. The predicted octanol–water partition coefficient (Wildman–Crippen LogP) is 0.855. The van der Waals surface area contributed by atoms with Crippen molar-refractivity contribution in [2.75, 3.05) is 33.4 Å². The molecule has 1 N–H and O–H groups in total. The van der Waals surface area contributed by atoms with E-state index in [1.807, 2.05) is 0 Å². The van der Waals surface area contributed by atoms with E-state index in [0.717, 1.165) is 32.5 Å². The van der Waals surface area contributed by atoms with Crippen molar-refractivity contribution in [1.82, 2.24) is 20.5 Å². The van der Waals surface area contributed by atoms with Gasteiger partial charge in [-0.3, -0.25) is 9.69 Å². The number of aryl methyl sites for hydroxylation is 1. The van der Waals surface area contributed by atoms with Crippen LogP contribution in [0.5, 0.6) is 0 Å². The Labute approximate surface area is 125 Å². The van der Waals surface area contributed by atoms with Gasteiger partial charge in [-0.1, -0.05) is 18.5 Å². The summed E-state index contributed by atoms with van der Waals surface area (Å²) >= 11 is 0. The first-order valence-corrected chi connectivity index (χ1v) is 7.47. The fourth-order valence-electron chi connectivity index (χ4n) is 2.86. The highest BCUT2D eigenvalue weighted by Gasteiger charge is 2.33. The van der Waals surface area contributed by atoms with Crippen molar-refractivity contribution in [2.24, 2.45) is 5.92 Å². The molecule has 0 bridgehead atoms. The monoisotopic (exact) mass is 296 g/mol. The van der Waals surface area contributed by atoms with E-state index in [1.165, 1.54) is 0 Å². The molecule has 7 nitrogen and oxygen atoms in total. The third-order valence-corrected chi connectivity index (χ3v) is 3.97. The van der Waals surface area contributed by atoms with Crippen molar-refractivity contribution in [3.8, 4) is 0 Å². The standard InChI is InChI=1S/C14H24N4O3/c1-4-5-11-8-18(6-7-20-3)9-12(11)15-14(19)13-10(2)16-21-17-13/h11-12H,4-9H2,1-3H3,(H,15,19)/t11-,12-/m0/s1. The first-order chi connectivity index (χ1) is 10.2. The second-order valence-corrected chi connectivity index (χ2v) is 5.58. The average molecular weight is 296 g/mol. The predicted molar refractivity (Wildman–Crippen MR) is 77.0 cm³/mol. The van der Waals surface area contributed by atoms with Gasteiger partial charge >= 0.3 is 0 Å². The Kier molecular flexibility index (Phi) is 5.69. The molecule has 0 saturated carbocycles. The van der Waals surface area contributed by atoms with E-state index in [1.54, 1.807) is 14.0 Å². The van der Waals surface area contributed by atoms with Gasteiger partial charge in [0.15, 0.2) is 5.69 Å². The Bertz CT molecular complexity index is 463. The van der Waals surface area contributed by atoms with Gasteiger partial charge in [0.25, 0.3) is 5.91 Å². The van der Waals surface area contributed by atoms with Crippen molar-refractivity contribution in [1.29, 1.82) is 0 Å². The highest BCUT2D eigenvalue weighted by molar-refractivity contribution is 5.93. The van der Waals surface area contributed by atoms with Gasteiger partial charge < -0.3 is 10.1 Å². The van der Waals surface area contributed by atoms with Gasteiger partial charge in [-0.2, -0.15) is 0 Å². The van der Waals surface area contributed by atoms with Crippen LogP contribution in [-0.2, 0) is 4.74 Å². The van der Waals surface area contributed by atoms with E-state index >= 15 is 0 Å². The maximum absolute atomic E-state index is 12.2. The van der Waals surface area contributed by atoms with Crippen LogP contribution in [0.25, 0.3) is 0 Å². The lowest BCUT2D eigenvalue weighted by Crippen LogP contribution is -2.41. The van der Waals surface area contributed by atoms with E-state index in [2.05, 4.69) is 32.1 Å². The molecule has 0 unspecified atom stereocenters. The normalized spacial score (nSPS) is 22.6. The Balaban J connectivity index is 1.96. The molecular formula is C14H24N4O3. The summed E-state index contributed by atoms with van der Waals surface area (Å²) in [4.78, 5) is 14.6. The minimum absolute atomic E-state index is 0.144. The van der Waals surface area contributed by atoms with Crippen molar-refractivity contribution in [3.05, 3.63) is 11.4 Å². The molecule has 0 aliphatic carbocycles. The van der Waals surface area contributed by atoms with Crippen molar-refractivity contribution in [3.63, 3.8) is 0 Å². The van der Waals surface area contributed by atoms with Crippen LogP contribution in [0.2, 0.25) is 0 Å². The van der Waals surface area contributed by atoms with Crippen LogP contribution in [0, 0.1) is 12.8 Å². The van der Waals surface area contributed by atoms with Crippen molar-refractivity contribution >= 4 is 5.91 Å². The van der Waals surface area contributed by atoms with E-state index in [0.29, 0.717) is 18.2 Å². The first-order valence-electron chi connectivity index (χ1n) is 7.47. The Morgan fingerprint density at radius 1 is 1.48 bits per heavy atom. The van der Waals surface area contributed by atoms with Crippen molar-refractivity contribution < 1.29 is 14.2 Å². The van der Waals surface area contributed by atoms with Crippen LogP contribution < -0.4 is 5.32 Å². The Morgan fingerprint density at radius 3 is 2.90 bits per heavy atom. The smallest absolute Gasteiger partial charge is 0.275 e. The van der Waals surface area contributed by atoms with Crippen LogP contribution in [0.1, 0.15) is 35.9 Å². The van der Waals surface area contributed by atoms with Crippen LogP contribution in [0.4, 0.5) is 0 Å². The summed E-state index contributed by atoms with van der Waals surface area (Å²) < 4.78 is 9.72. The van der Waals surface area contributed by atoms with E-state index in [9.17, 15) is 4.79 Å². The molecule has 1 aliphatic rings. The van der Waals surface area contributed by atoms with Gasteiger partial charge in [0.1, 0.15) is 5.69 Å². The molecule has 118 valence electrons. The maximum atomic E-state index is 12.2. The van der Waals surface area contributed by atoms with Crippen LogP contribution in [0.15, 0.2) is 4.63 Å². The van der Waals surface area contributed by atoms with Crippen molar-refractivity contribution in [2.45, 2.75) is 32.7 Å². The highest BCUT2D eigenvalue weighted by Crippen LogP contribution is 2.22. The third kappa shape index (κ3) is 4.01. The lowest BCUT2D eigenvalue weighted by atomic mass is 9.98. The number of hydrogen-bond donors (Lipinski definition) is 1. The van der Waals surface area contributed by atoms with E-state index in [-0.39, 0.29) is 17.6 Å². The second-order valence-electron chi connectivity index (χ2n) is 5.58.